The van der Waals surface area contributed by atoms with Crippen molar-refractivity contribution < 1.29 is 9.59 Å². The van der Waals surface area contributed by atoms with Crippen LogP contribution >= 0.6 is 0 Å². The second-order valence-electron chi connectivity index (χ2n) is 7.10. The SMILES string of the molecule is CN1CCN(c2ccc3[nH]c4c(c3c2)C(=O)c2ccccc2C4=O)CC1. The molecule has 5 nitrogen and oxygen atoms in total. The number of carbonyl (C=O) groups is 2. The molecule has 130 valence electrons. The van der Waals surface area contributed by atoms with E-state index >= 15 is 0 Å². The molecule has 5 rings (SSSR count). The molecule has 0 unspecified atom stereocenters. The minimum Gasteiger partial charge on any atom is -0.369 e. The number of benzene rings is 2. The number of likely N-dealkylation sites (N-methyl/N-ethyl adjacent to an activating group) is 1. The van der Waals surface area contributed by atoms with Crippen molar-refractivity contribution in [2.45, 2.75) is 0 Å². The zero-order chi connectivity index (χ0) is 17.8. The third-order valence-electron chi connectivity index (χ3n) is 5.52. The van der Waals surface area contributed by atoms with Gasteiger partial charge in [0.25, 0.3) is 0 Å². The predicted octanol–water partition coefficient (Wildman–Crippen LogP) is 2.70. The third kappa shape index (κ3) is 2.14. The first-order chi connectivity index (χ1) is 12.6. The van der Waals surface area contributed by atoms with Crippen molar-refractivity contribution in [1.29, 1.82) is 0 Å². The van der Waals surface area contributed by atoms with Gasteiger partial charge in [-0.05, 0) is 25.2 Å². The Hall–Kier alpha value is -2.92. The van der Waals surface area contributed by atoms with E-state index in [0.717, 1.165) is 42.8 Å². The van der Waals surface area contributed by atoms with Crippen LogP contribution in [-0.2, 0) is 0 Å². The van der Waals surface area contributed by atoms with Crippen molar-refractivity contribution in [2.75, 3.05) is 38.1 Å². The highest BCUT2D eigenvalue weighted by Gasteiger charge is 2.33. The van der Waals surface area contributed by atoms with Crippen LogP contribution < -0.4 is 4.90 Å². The summed E-state index contributed by atoms with van der Waals surface area (Å²) >= 11 is 0. The van der Waals surface area contributed by atoms with Crippen LogP contribution in [0.4, 0.5) is 5.69 Å². The summed E-state index contributed by atoms with van der Waals surface area (Å²) in [5.41, 5.74) is 3.85. The van der Waals surface area contributed by atoms with Crippen LogP contribution in [-0.4, -0.2) is 54.7 Å². The molecule has 0 atom stereocenters. The minimum absolute atomic E-state index is 0.0722. The van der Waals surface area contributed by atoms with Gasteiger partial charge < -0.3 is 14.8 Å². The number of hydrogen-bond acceptors (Lipinski definition) is 4. The average Bonchev–Trinajstić information content (AvgIpc) is 3.06. The first kappa shape index (κ1) is 15.3. The Balaban J connectivity index is 1.65. The number of piperazine rings is 1. The largest absolute Gasteiger partial charge is 0.369 e. The zero-order valence-corrected chi connectivity index (χ0v) is 14.6. The topological polar surface area (TPSA) is 56.4 Å². The number of hydrogen-bond donors (Lipinski definition) is 1. The summed E-state index contributed by atoms with van der Waals surface area (Å²) in [4.78, 5) is 33.7. The molecule has 1 saturated heterocycles. The molecule has 1 fully saturated rings. The Bertz CT molecular complexity index is 1060. The van der Waals surface area contributed by atoms with E-state index in [1.165, 1.54) is 0 Å². The summed E-state index contributed by atoms with van der Waals surface area (Å²) in [6, 6.07) is 13.2. The highest BCUT2D eigenvalue weighted by molar-refractivity contribution is 6.32. The van der Waals surface area contributed by atoms with Crippen LogP contribution in [0.5, 0.6) is 0 Å². The number of anilines is 1. The summed E-state index contributed by atoms with van der Waals surface area (Å²) in [5, 5.41) is 0.837. The molecule has 1 aliphatic heterocycles. The van der Waals surface area contributed by atoms with Gasteiger partial charge in [-0.25, -0.2) is 0 Å². The van der Waals surface area contributed by atoms with Gasteiger partial charge in [-0.2, -0.15) is 0 Å². The Kier molecular flexibility index (Phi) is 3.27. The van der Waals surface area contributed by atoms with Gasteiger partial charge in [0.15, 0.2) is 5.78 Å². The second-order valence-corrected chi connectivity index (χ2v) is 7.10. The van der Waals surface area contributed by atoms with Crippen LogP contribution in [0.25, 0.3) is 10.9 Å². The summed E-state index contributed by atoms with van der Waals surface area (Å²) in [6.45, 7) is 3.97. The maximum Gasteiger partial charge on any atom is 0.210 e. The van der Waals surface area contributed by atoms with E-state index in [2.05, 4.69) is 34.0 Å². The number of carbonyl (C=O) groups excluding carboxylic acids is 2. The molecule has 26 heavy (non-hydrogen) atoms. The maximum atomic E-state index is 13.1. The average molecular weight is 345 g/mol. The monoisotopic (exact) mass is 345 g/mol. The van der Waals surface area contributed by atoms with Crippen LogP contribution in [0.15, 0.2) is 42.5 Å². The van der Waals surface area contributed by atoms with E-state index in [-0.39, 0.29) is 11.6 Å². The number of rotatable bonds is 1. The number of ketones is 2. The maximum absolute atomic E-state index is 13.1. The molecule has 0 bridgehead atoms. The number of H-pyrrole nitrogens is 1. The lowest BCUT2D eigenvalue weighted by atomic mass is 9.87. The van der Waals surface area contributed by atoms with Gasteiger partial charge in [-0.15, -0.1) is 0 Å². The van der Waals surface area contributed by atoms with Crippen molar-refractivity contribution in [3.05, 3.63) is 64.8 Å². The van der Waals surface area contributed by atoms with Gasteiger partial charge >= 0.3 is 0 Å². The Morgan fingerprint density at radius 3 is 2.31 bits per heavy atom. The van der Waals surface area contributed by atoms with Gasteiger partial charge in [0.2, 0.25) is 5.78 Å². The number of nitrogens with zero attached hydrogens (tertiary/aromatic N) is 2. The first-order valence-corrected chi connectivity index (χ1v) is 8.91. The van der Waals surface area contributed by atoms with E-state index in [1.54, 1.807) is 24.3 Å². The van der Waals surface area contributed by atoms with Crippen LogP contribution in [0.3, 0.4) is 0 Å². The van der Waals surface area contributed by atoms with E-state index in [9.17, 15) is 9.59 Å². The fourth-order valence-electron chi connectivity index (χ4n) is 4.00. The highest BCUT2D eigenvalue weighted by Crippen LogP contribution is 2.34. The lowest BCUT2D eigenvalue weighted by Gasteiger charge is -2.34. The zero-order valence-electron chi connectivity index (χ0n) is 14.6. The van der Waals surface area contributed by atoms with Crippen LogP contribution in [0.2, 0.25) is 0 Å². The first-order valence-electron chi connectivity index (χ1n) is 8.91. The lowest BCUT2D eigenvalue weighted by molar-refractivity contribution is 0.0978. The molecular weight excluding hydrogens is 326 g/mol. The summed E-state index contributed by atoms with van der Waals surface area (Å²) in [7, 11) is 2.13. The second kappa shape index (κ2) is 5.54. The van der Waals surface area contributed by atoms with Crippen molar-refractivity contribution in [3.63, 3.8) is 0 Å². The molecule has 0 spiro atoms. The van der Waals surface area contributed by atoms with Crippen LogP contribution in [0.1, 0.15) is 32.0 Å². The Morgan fingerprint density at radius 2 is 1.58 bits per heavy atom. The molecule has 0 amide bonds. The van der Waals surface area contributed by atoms with Gasteiger partial charge in [0, 0.05) is 53.9 Å². The molecule has 3 aromatic rings. The van der Waals surface area contributed by atoms with Crippen molar-refractivity contribution in [1.82, 2.24) is 9.88 Å². The number of fused-ring (bicyclic) bond motifs is 4. The Morgan fingerprint density at radius 1 is 0.885 bits per heavy atom. The molecule has 5 heteroatoms. The molecule has 2 heterocycles. The van der Waals surface area contributed by atoms with Crippen molar-refractivity contribution in [3.8, 4) is 0 Å². The molecule has 0 saturated carbocycles. The van der Waals surface area contributed by atoms with Gasteiger partial charge in [0.05, 0.1) is 11.3 Å². The lowest BCUT2D eigenvalue weighted by Crippen LogP contribution is -2.44. The molecular formula is C21H19N3O2. The molecule has 1 N–H and O–H groups in total. The smallest absolute Gasteiger partial charge is 0.210 e. The van der Waals surface area contributed by atoms with E-state index < -0.39 is 0 Å². The molecule has 1 aliphatic carbocycles. The van der Waals surface area contributed by atoms with Crippen LogP contribution in [0, 0.1) is 0 Å². The molecule has 2 aromatic carbocycles. The highest BCUT2D eigenvalue weighted by atomic mass is 16.1. The van der Waals surface area contributed by atoms with E-state index in [1.807, 2.05) is 6.07 Å². The summed E-state index contributed by atoms with van der Waals surface area (Å²) in [6.07, 6.45) is 0. The van der Waals surface area contributed by atoms with Crippen molar-refractivity contribution >= 4 is 28.2 Å². The molecule has 1 aromatic heterocycles. The van der Waals surface area contributed by atoms with Gasteiger partial charge in [0.1, 0.15) is 0 Å². The van der Waals surface area contributed by atoms with E-state index in [0.29, 0.717) is 22.4 Å². The number of nitrogens with one attached hydrogen (secondary N) is 1. The Labute approximate surface area is 151 Å². The molecule has 2 aliphatic rings. The third-order valence-corrected chi connectivity index (χ3v) is 5.52. The van der Waals surface area contributed by atoms with E-state index in [4.69, 9.17) is 0 Å². The number of aromatic nitrogens is 1. The fraction of sp³-hybridized carbons (Fsp3) is 0.238. The minimum atomic E-state index is -0.104. The number of aromatic amines is 1. The fourth-order valence-corrected chi connectivity index (χ4v) is 4.00. The summed E-state index contributed by atoms with van der Waals surface area (Å²) in [5.74, 6) is -0.176. The standard InChI is InChI=1S/C21H19N3O2/c1-23-8-10-24(11-9-23)13-6-7-17-16(12-13)18-19(22-17)21(26)15-5-3-2-4-14(15)20(18)25/h2-7,12,22H,8-11H2,1H3. The van der Waals surface area contributed by atoms with Gasteiger partial charge in [-0.1, -0.05) is 24.3 Å². The van der Waals surface area contributed by atoms with Gasteiger partial charge in [-0.3, -0.25) is 9.59 Å². The quantitative estimate of drug-likeness (QED) is 0.576. The molecule has 0 radical (unpaired) electrons. The van der Waals surface area contributed by atoms with Crippen molar-refractivity contribution in [2.24, 2.45) is 0 Å². The predicted molar refractivity (Wildman–Crippen MR) is 101 cm³/mol. The summed E-state index contributed by atoms with van der Waals surface area (Å²) < 4.78 is 0. The normalized spacial score (nSPS) is 17.5.